The fraction of sp³-hybridized carbons (Fsp3) is 0.714. The standard InChI is InChI=1S/C7H11F2NO3/c1-7(2,6(12)13)3-10-5(11)4(8)9/h4H,3H2,1-2H3,(H,10,11)(H,12,13). The first-order valence-corrected chi connectivity index (χ1v) is 3.56. The molecule has 0 spiro atoms. The van der Waals surface area contributed by atoms with E-state index in [-0.39, 0.29) is 6.54 Å². The summed E-state index contributed by atoms with van der Waals surface area (Å²) in [6, 6.07) is 0. The molecule has 0 aromatic carbocycles. The zero-order chi connectivity index (χ0) is 10.6. The van der Waals surface area contributed by atoms with Gasteiger partial charge in [0.1, 0.15) is 0 Å². The predicted molar refractivity (Wildman–Crippen MR) is 40.4 cm³/mol. The molecule has 0 bridgehead atoms. The van der Waals surface area contributed by atoms with Crippen LogP contribution in [0.4, 0.5) is 8.78 Å². The third-order valence-electron chi connectivity index (χ3n) is 1.48. The van der Waals surface area contributed by atoms with Crippen molar-refractivity contribution in [2.45, 2.75) is 20.3 Å². The molecule has 0 unspecified atom stereocenters. The van der Waals surface area contributed by atoms with Gasteiger partial charge in [-0.2, -0.15) is 8.78 Å². The third kappa shape index (κ3) is 3.82. The smallest absolute Gasteiger partial charge is 0.315 e. The second kappa shape index (κ2) is 4.15. The number of amides is 1. The summed E-state index contributed by atoms with van der Waals surface area (Å²) in [6.45, 7) is 2.35. The fourth-order valence-electron chi connectivity index (χ4n) is 0.461. The van der Waals surface area contributed by atoms with Crippen molar-refractivity contribution in [1.82, 2.24) is 5.32 Å². The molecule has 0 radical (unpaired) electrons. The lowest BCUT2D eigenvalue weighted by Crippen LogP contribution is -2.41. The number of carbonyl (C=O) groups is 2. The van der Waals surface area contributed by atoms with Crippen molar-refractivity contribution in [2.24, 2.45) is 5.41 Å². The number of halogens is 2. The van der Waals surface area contributed by atoms with Crippen molar-refractivity contribution in [3.8, 4) is 0 Å². The number of carboxylic acids is 1. The SMILES string of the molecule is CC(C)(CNC(=O)C(F)F)C(=O)O. The van der Waals surface area contributed by atoms with Crippen LogP contribution >= 0.6 is 0 Å². The molecule has 0 saturated carbocycles. The largest absolute Gasteiger partial charge is 0.481 e. The molecule has 0 aliphatic rings. The molecule has 13 heavy (non-hydrogen) atoms. The average Bonchev–Trinajstić information content (AvgIpc) is 1.99. The molecule has 0 rings (SSSR count). The van der Waals surface area contributed by atoms with E-state index in [2.05, 4.69) is 0 Å². The van der Waals surface area contributed by atoms with Crippen LogP contribution in [0.1, 0.15) is 13.8 Å². The first-order valence-electron chi connectivity index (χ1n) is 3.56. The summed E-state index contributed by atoms with van der Waals surface area (Å²) in [6.07, 6.45) is -3.11. The highest BCUT2D eigenvalue weighted by molar-refractivity contribution is 5.80. The van der Waals surface area contributed by atoms with E-state index < -0.39 is 23.7 Å². The molecule has 76 valence electrons. The monoisotopic (exact) mass is 195 g/mol. The van der Waals surface area contributed by atoms with Gasteiger partial charge in [0.2, 0.25) is 0 Å². The van der Waals surface area contributed by atoms with Crippen LogP contribution in [0.15, 0.2) is 0 Å². The number of carboxylic acid groups (broad SMARTS) is 1. The number of rotatable bonds is 4. The van der Waals surface area contributed by atoms with Gasteiger partial charge >= 0.3 is 12.4 Å². The Kier molecular flexibility index (Phi) is 3.77. The molecule has 1 amide bonds. The Bertz CT molecular complexity index is 216. The highest BCUT2D eigenvalue weighted by Gasteiger charge is 2.28. The van der Waals surface area contributed by atoms with E-state index in [1.165, 1.54) is 13.8 Å². The Morgan fingerprint density at radius 1 is 1.46 bits per heavy atom. The Labute approximate surface area is 73.9 Å². The van der Waals surface area contributed by atoms with Crippen LogP contribution in [0.2, 0.25) is 0 Å². The Balaban J connectivity index is 4.03. The van der Waals surface area contributed by atoms with Crippen LogP contribution in [-0.4, -0.2) is 30.0 Å². The van der Waals surface area contributed by atoms with Crippen LogP contribution in [-0.2, 0) is 9.59 Å². The molecule has 4 nitrogen and oxygen atoms in total. The molecule has 0 aromatic rings. The number of carbonyl (C=O) groups excluding carboxylic acids is 1. The first kappa shape index (κ1) is 11.8. The van der Waals surface area contributed by atoms with Crippen LogP contribution in [0, 0.1) is 5.41 Å². The van der Waals surface area contributed by atoms with Crippen molar-refractivity contribution in [1.29, 1.82) is 0 Å². The molecular weight excluding hydrogens is 184 g/mol. The topological polar surface area (TPSA) is 66.4 Å². The van der Waals surface area contributed by atoms with E-state index in [1.807, 2.05) is 5.32 Å². The van der Waals surface area contributed by atoms with Gasteiger partial charge < -0.3 is 10.4 Å². The number of aliphatic carboxylic acids is 1. The van der Waals surface area contributed by atoms with Gasteiger partial charge in [-0.05, 0) is 13.8 Å². The second-order valence-electron chi connectivity index (χ2n) is 3.21. The van der Waals surface area contributed by atoms with Gasteiger partial charge in [-0.3, -0.25) is 9.59 Å². The van der Waals surface area contributed by atoms with Crippen molar-refractivity contribution in [2.75, 3.05) is 6.54 Å². The highest BCUT2D eigenvalue weighted by Crippen LogP contribution is 2.13. The van der Waals surface area contributed by atoms with E-state index in [1.54, 1.807) is 0 Å². The molecule has 2 N–H and O–H groups in total. The van der Waals surface area contributed by atoms with E-state index in [9.17, 15) is 18.4 Å². The maximum atomic E-state index is 11.6. The van der Waals surface area contributed by atoms with Crippen molar-refractivity contribution in [3.63, 3.8) is 0 Å². The van der Waals surface area contributed by atoms with Crippen LogP contribution in [0.5, 0.6) is 0 Å². The fourth-order valence-corrected chi connectivity index (χ4v) is 0.461. The summed E-state index contributed by atoms with van der Waals surface area (Å²) in [5.41, 5.74) is -1.23. The predicted octanol–water partition coefficient (Wildman–Crippen LogP) is 0.478. The zero-order valence-corrected chi connectivity index (χ0v) is 7.30. The van der Waals surface area contributed by atoms with Crippen molar-refractivity contribution in [3.05, 3.63) is 0 Å². The van der Waals surface area contributed by atoms with Gasteiger partial charge in [0, 0.05) is 6.54 Å². The number of hydrogen-bond donors (Lipinski definition) is 2. The summed E-state index contributed by atoms with van der Waals surface area (Å²) in [7, 11) is 0. The minimum Gasteiger partial charge on any atom is -0.481 e. The van der Waals surface area contributed by atoms with E-state index >= 15 is 0 Å². The minimum atomic E-state index is -3.11. The van der Waals surface area contributed by atoms with Crippen LogP contribution in [0.25, 0.3) is 0 Å². The summed E-state index contributed by atoms with van der Waals surface area (Å²) in [5.74, 6) is -2.60. The van der Waals surface area contributed by atoms with Gasteiger partial charge in [-0.15, -0.1) is 0 Å². The summed E-state index contributed by atoms with van der Waals surface area (Å²) in [4.78, 5) is 20.8. The molecule has 0 aromatic heterocycles. The maximum absolute atomic E-state index is 11.6. The molecule has 0 fully saturated rings. The van der Waals surface area contributed by atoms with Crippen LogP contribution < -0.4 is 5.32 Å². The van der Waals surface area contributed by atoms with E-state index in [0.717, 1.165) is 0 Å². The lowest BCUT2D eigenvalue weighted by Gasteiger charge is -2.19. The molecule has 6 heteroatoms. The normalized spacial score (nSPS) is 11.5. The quantitative estimate of drug-likeness (QED) is 0.685. The Morgan fingerprint density at radius 3 is 2.23 bits per heavy atom. The first-order chi connectivity index (χ1) is 5.77. The van der Waals surface area contributed by atoms with E-state index in [4.69, 9.17) is 5.11 Å². The van der Waals surface area contributed by atoms with Gasteiger partial charge in [0.05, 0.1) is 5.41 Å². The van der Waals surface area contributed by atoms with Crippen LogP contribution in [0.3, 0.4) is 0 Å². The zero-order valence-electron chi connectivity index (χ0n) is 7.30. The average molecular weight is 195 g/mol. The molecule has 0 heterocycles. The van der Waals surface area contributed by atoms with Crippen molar-refractivity contribution >= 4 is 11.9 Å². The van der Waals surface area contributed by atoms with Gasteiger partial charge in [0.25, 0.3) is 5.91 Å². The summed E-state index contributed by atoms with van der Waals surface area (Å²) in [5, 5.41) is 10.4. The molecule has 0 saturated heterocycles. The summed E-state index contributed by atoms with van der Waals surface area (Å²) < 4.78 is 23.3. The van der Waals surface area contributed by atoms with Gasteiger partial charge in [-0.1, -0.05) is 0 Å². The number of alkyl halides is 2. The lowest BCUT2D eigenvalue weighted by molar-refractivity contribution is -0.147. The second-order valence-corrected chi connectivity index (χ2v) is 3.21. The Morgan fingerprint density at radius 2 is 1.92 bits per heavy atom. The molecule has 0 aliphatic carbocycles. The molecular formula is C7H11F2NO3. The number of nitrogens with one attached hydrogen (secondary N) is 1. The number of hydrogen-bond acceptors (Lipinski definition) is 2. The van der Waals surface area contributed by atoms with E-state index in [0.29, 0.717) is 0 Å². The minimum absolute atomic E-state index is 0.314. The van der Waals surface area contributed by atoms with Crippen molar-refractivity contribution < 1.29 is 23.5 Å². The molecule has 0 atom stereocenters. The summed E-state index contributed by atoms with van der Waals surface area (Å²) >= 11 is 0. The lowest BCUT2D eigenvalue weighted by atomic mass is 9.94. The third-order valence-corrected chi connectivity index (χ3v) is 1.48. The highest BCUT2D eigenvalue weighted by atomic mass is 19.3. The Hall–Kier alpha value is -1.20. The van der Waals surface area contributed by atoms with Gasteiger partial charge in [0.15, 0.2) is 0 Å². The molecule has 0 aliphatic heterocycles. The maximum Gasteiger partial charge on any atom is 0.315 e. The van der Waals surface area contributed by atoms with Gasteiger partial charge in [-0.25, -0.2) is 0 Å².